The van der Waals surface area contributed by atoms with E-state index in [9.17, 15) is 23.3 Å². The van der Waals surface area contributed by atoms with Crippen LogP contribution in [0.2, 0.25) is 0 Å². The van der Waals surface area contributed by atoms with E-state index in [1.807, 2.05) is 24.3 Å². The number of anilines is 1. The van der Waals surface area contributed by atoms with Gasteiger partial charge in [-0.15, -0.1) is 0 Å². The Labute approximate surface area is 210 Å². The number of amides is 1. The van der Waals surface area contributed by atoms with Crippen LogP contribution in [0.3, 0.4) is 0 Å². The zero-order chi connectivity index (χ0) is 26.5. The second-order valence-electron chi connectivity index (χ2n) is 9.16. The van der Waals surface area contributed by atoms with Gasteiger partial charge in [0.25, 0.3) is 21.6 Å². The summed E-state index contributed by atoms with van der Waals surface area (Å²) in [5, 5.41) is 15.4. The van der Waals surface area contributed by atoms with Crippen LogP contribution in [-0.4, -0.2) is 31.5 Å². The van der Waals surface area contributed by atoms with Crippen LogP contribution in [0.1, 0.15) is 38.8 Å². The maximum absolute atomic E-state index is 13.4. The van der Waals surface area contributed by atoms with E-state index in [0.29, 0.717) is 5.71 Å². The number of nitro groups is 1. The second kappa shape index (κ2) is 10.7. The molecule has 1 N–H and O–H groups in total. The van der Waals surface area contributed by atoms with E-state index in [1.165, 1.54) is 30.3 Å². The molecule has 0 fully saturated rings. The summed E-state index contributed by atoms with van der Waals surface area (Å²) in [4.78, 5) is 23.4. The van der Waals surface area contributed by atoms with Gasteiger partial charge in [0.05, 0.1) is 21.2 Å². The Morgan fingerprint density at radius 1 is 1.00 bits per heavy atom. The highest BCUT2D eigenvalue weighted by Gasteiger charge is 2.28. The monoisotopic (exact) mass is 508 g/mol. The van der Waals surface area contributed by atoms with Crippen LogP contribution >= 0.6 is 0 Å². The van der Waals surface area contributed by atoms with E-state index in [-0.39, 0.29) is 21.7 Å². The molecule has 10 heteroatoms. The molecule has 9 nitrogen and oxygen atoms in total. The summed E-state index contributed by atoms with van der Waals surface area (Å²) < 4.78 is 27.6. The molecule has 36 heavy (non-hydrogen) atoms. The number of hydrogen-bond acceptors (Lipinski definition) is 6. The fourth-order valence-corrected chi connectivity index (χ4v) is 4.82. The van der Waals surface area contributed by atoms with Crippen molar-refractivity contribution in [3.8, 4) is 0 Å². The van der Waals surface area contributed by atoms with E-state index >= 15 is 0 Å². The van der Waals surface area contributed by atoms with Crippen molar-refractivity contribution < 1.29 is 18.1 Å². The number of nitrogens with zero attached hydrogens (tertiary/aromatic N) is 3. The summed E-state index contributed by atoms with van der Waals surface area (Å²) in [7, 11) is -4.20. The highest BCUT2D eigenvalue weighted by atomic mass is 32.2. The Morgan fingerprint density at radius 3 is 2.22 bits per heavy atom. The smallest absolute Gasteiger partial charge is 0.271 e. The number of hydrazone groups is 1. The van der Waals surface area contributed by atoms with Gasteiger partial charge in [-0.3, -0.25) is 19.2 Å². The SMILES string of the molecule is C/C(=N/NC(=O)CN(c1cccc([N+](=O)[O-])c1)S(=O)(=O)c1ccccc1)c1ccc(C(C)(C)C)cc1. The van der Waals surface area contributed by atoms with Crippen LogP contribution in [0.15, 0.2) is 88.9 Å². The number of benzene rings is 3. The predicted octanol–water partition coefficient (Wildman–Crippen LogP) is 4.63. The Bertz CT molecular complexity index is 1380. The summed E-state index contributed by atoms with van der Waals surface area (Å²) in [5.41, 5.74) is 4.58. The Hall–Kier alpha value is -4.05. The molecule has 3 aromatic rings. The van der Waals surface area contributed by atoms with Gasteiger partial charge in [0.2, 0.25) is 0 Å². The molecule has 0 bridgehead atoms. The number of hydrogen-bond donors (Lipinski definition) is 1. The van der Waals surface area contributed by atoms with Crippen LogP contribution in [-0.2, 0) is 20.2 Å². The number of nitro benzene ring substituents is 1. The maximum atomic E-state index is 13.4. The van der Waals surface area contributed by atoms with Crippen molar-refractivity contribution in [2.45, 2.75) is 38.0 Å². The first-order chi connectivity index (χ1) is 16.9. The number of sulfonamides is 1. The molecule has 0 aliphatic rings. The minimum atomic E-state index is -4.20. The first-order valence-electron chi connectivity index (χ1n) is 11.2. The third-order valence-electron chi connectivity index (χ3n) is 5.46. The van der Waals surface area contributed by atoms with Crippen LogP contribution in [0.25, 0.3) is 0 Å². The van der Waals surface area contributed by atoms with Crippen LogP contribution in [0, 0.1) is 10.1 Å². The third-order valence-corrected chi connectivity index (χ3v) is 7.25. The molecule has 0 atom stereocenters. The molecular formula is C26H28N4O5S. The van der Waals surface area contributed by atoms with Crippen molar-refractivity contribution in [3.05, 3.63) is 100 Å². The summed E-state index contributed by atoms with van der Waals surface area (Å²) in [6.45, 7) is 7.43. The molecule has 0 aromatic heterocycles. The largest absolute Gasteiger partial charge is 0.271 e. The number of carbonyl (C=O) groups is 1. The highest BCUT2D eigenvalue weighted by Crippen LogP contribution is 2.27. The average Bonchev–Trinajstić information content (AvgIpc) is 2.85. The summed E-state index contributed by atoms with van der Waals surface area (Å²) >= 11 is 0. The van der Waals surface area contributed by atoms with Gasteiger partial charge >= 0.3 is 0 Å². The minimum absolute atomic E-state index is 0.00198. The Balaban J connectivity index is 1.87. The minimum Gasteiger partial charge on any atom is -0.271 e. The quantitative estimate of drug-likeness (QED) is 0.270. The molecule has 0 heterocycles. The lowest BCUT2D eigenvalue weighted by Crippen LogP contribution is -2.39. The molecule has 0 unspecified atom stereocenters. The van der Waals surface area contributed by atoms with Gasteiger partial charge in [-0.05, 0) is 41.7 Å². The van der Waals surface area contributed by atoms with Crippen molar-refractivity contribution in [2.75, 3.05) is 10.8 Å². The molecule has 0 saturated heterocycles. The zero-order valence-electron chi connectivity index (χ0n) is 20.5. The number of non-ortho nitro benzene ring substituents is 1. The summed E-state index contributed by atoms with van der Waals surface area (Å²) in [6.07, 6.45) is 0. The molecule has 0 saturated carbocycles. The Morgan fingerprint density at radius 2 is 1.64 bits per heavy atom. The molecule has 188 valence electrons. The molecule has 1 amide bonds. The van der Waals surface area contributed by atoms with Gasteiger partial charge in [-0.1, -0.05) is 69.3 Å². The molecule has 3 rings (SSSR count). The first-order valence-corrected chi connectivity index (χ1v) is 12.6. The van der Waals surface area contributed by atoms with Gasteiger partial charge in [0, 0.05) is 12.1 Å². The fraction of sp³-hybridized carbons (Fsp3) is 0.231. The van der Waals surface area contributed by atoms with Crippen LogP contribution in [0.4, 0.5) is 11.4 Å². The number of rotatable bonds is 8. The van der Waals surface area contributed by atoms with Crippen molar-refractivity contribution in [2.24, 2.45) is 5.10 Å². The van der Waals surface area contributed by atoms with Gasteiger partial charge < -0.3 is 0 Å². The number of carbonyl (C=O) groups excluding carboxylic acids is 1. The molecular weight excluding hydrogens is 480 g/mol. The second-order valence-corrected chi connectivity index (χ2v) is 11.0. The highest BCUT2D eigenvalue weighted by molar-refractivity contribution is 7.92. The van der Waals surface area contributed by atoms with Crippen molar-refractivity contribution >= 4 is 33.0 Å². The van der Waals surface area contributed by atoms with E-state index in [4.69, 9.17) is 0 Å². The molecule has 0 aliphatic carbocycles. The van der Waals surface area contributed by atoms with Gasteiger partial charge in [0.15, 0.2) is 0 Å². The van der Waals surface area contributed by atoms with Gasteiger partial charge in [-0.2, -0.15) is 5.10 Å². The van der Waals surface area contributed by atoms with Crippen molar-refractivity contribution in [1.82, 2.24) is 5.43 Å². The third kappa shape index (κ3) is 6.33. The van der Waals surface area contributed by atoms with E-state index in [2.05, 4.69) is 31.3 Å². The van der Waals surface area contributed by atoms with Crippen LogP contribution < -0.4 is 9.73 Å². The lowest BCUT2D eigenvalue weighted by molar-refractivity contribution is -0.384. The normalized spacial score (nSPS) is 12.2. The average molecular weight is 509 g/mol. The van der Waals surface area contributed by atoms with E-state index in [1.54, 1.807) is 25.1 Å². The fourth-order valence-electron chi connectivity index (χ4n) is 3.38. The van der Waals surface area contributed by atoms with Crippen molar-refractivity contribution in [1.29, 1.82) is 0 Å². The summed E-state index contributed by atoms with van der Waals surface area (Å²) in [6, 6.07) is 20.5. The molecule has 3 aromatic carbocycles. The lowest BCUT2D eigenvalue weighted by Gasteiger charge is -2.23. The first kappa shape index (κ1) is 26.6. The zero-order valence-corrected chi connectivity index (χ0v) is 21.3. The maximum Gasteiger partial charge on any atom is 0.271 e. The Kier molecular flexibility index (Phi) is 7.89. The standard InChI is InChI=1S/C26H28N4O5S/c1-19(20-13-15-21(16-14-20)26(2,3)4)27-28-25(31)18-29(22-9-8-10-23(17-22)30(32)33)36(34,35)24-11-6-5-7-12-24/h5-17H,18H2,1-4H3,(H,28,31)/b27-19-. The molecule has 0 radical (unpaired) electrons. The topological polar surface area (TPSA) is 122 Å². The summed E-state index contributed by atoms with van der Waals surface area (Å²) in [5.74, 6) is -0.702. The van der Waals surface area contributed by atoms with E-state index in [0.717, 1.165) is 21.5 Å². The lowest BCUT2D eigenvalue weighted by atomic mass is 9.86. The van der Waals surface area contributed by atoms with E-state index < -0.39 is 27.4 Å². The van der Waals surface area contributed by atoms with Gasteiger partial charge in [0.1, 0.15) is 6.54 Å². The van der Waals surface area contributed by atoms with Gasteiger partial charge in [-0.25, -0.2) is 13.8 Å². The van der Waals surface area contributed by atoms with Crippen molar-refractivity contribution in [3.63, 3.8) is 0 Å². The van der Waals surface area contributed by atoms with Crippen LogP contribution in [0.5, 0.6) is 0 Å². The molecule has 0 spiro atoms. The predicted molar refractivity (Wildman–Crippen MR) is 140 cm³/mol. The molecule has 0 aliphatic heterocycles. The number of nitrogens with one attached hydrogen (secondary N) is 1.